The summed E-state index contributed by atoms with van der Waals surface area (Å²) in [5.74, 6) is 1.47. The first-order valence-electron chi connectivity index (χ1n) is 11.0. The van der Waals surface area contributed by atoms with Crippen LogP contribution in [0.15, 0.2) is 24.3 Å². The van der Waals surface area contributed by atoms with E-state index >= 15 is 0 Å². The zero-order chi connectivity index (χ0) is 19.6. The average molecular weight is 431 g/mol. The number of ether oxygens (including phenoxy) is 1. The molecular weight excluding hydrogens is 404 g/mol. The second kappa shape index (κ2) is 6.66. The minimum absolute atomic E-state index is 0.116. The maximum atomic E-state index is 14.2. The van der Waals surface area contributed by atoms with Crippen molar-refractivity contribution in [2.24, 2.45) is 17.3 Å². The average Bonchev–Trinajstić information content (AvgIpc) is 3.33. The van der Waals surface area contributed by atoms with Crippen LogP contribution < -0.4 is 4.90 Å². The van der Waals surface area contributed by atoms with Gasteiger partial charge in [-0.3, -0.25) is 9.69 Å². The smallest absolute Gasteiger partial charge is 0.235 e. The molecule has 3 atom stereocenters. The number of nitrogens with zero attached hydrogens (tertiary/aromatic N) is 2. The Morgan fingerprint density at radius 1 is 1.24 bits per heavy atom. The zero-order valence-electron chi connectivity index (χ0n) is 16.6. The van der Waals surface area contributed by atoms with Gasteiger partial charge in [0, 0.05) is 11.5 Å². The van der Waals surface area contributed by atoms with Gasteiger partial charge in [-0.2, -0.15) is 0 Å². The van der Waals surface area contributed by atoms with Gasteiger partial charge < -0.3 is 4.74 Å². The molecule has 4 aliphatic carbocycles. The van der Waals surface area contributed by atoms with Crippen molar-refractivity contribution in [2.45, 2.75) is 62.3 Å². The van der Waals surface area contributed by atoms with Crippen molar-refractivity contribution >= 4 is 44.2 Å². The number of alkyl halides is 1. The predicted octanol–water partition coefficient (Wildman–Crippen LogP) is 5.39. The van der Waals surface area contributed by atoms with E-state index in [1.165, 1.54) is 6.42 Å². The number of hydrogen-bond acceptors (Lipinski definition) is 4. The van der Waals surface area contributed by atoms with Gasteiger partial charge >= 0.3 is 0 Å². The lowest BCUT2D eigenvalue weighted by Gasteiger charge is -2.59. The molecule has 5 aliphatic rings. The summed E-state index contributed by atoms with van der Waals surface area (Å²) in [6.07, 6.45) is 8.49. The van der Waals surface area contributed by atoms with Crippen LogP contribution in [0.25, 0.3) is 10.2 Å². The molecule has 0 radical (unpaired) electrons. The van der Waals surface area contributed by atoms with Gasteiger partial charge in [-0.15, -0.1) is 11.6 Å². The van der Waals surface area contributed by atoms with Crippen LogP contribution in [-0.2, 0) is 9.53 Å². The van der Waals surface area contributed by atoms with Gasteiger partial charge in [0.1, 0.15) is 0 Å². The fourth-order valence-electron chi connectivity index (χ4n) is 6.90. The van der Waals surface area contributed by atoms with Crippen LogP contribution in [0.1, 0.15) is 51.4 Å². The Labute approximate surface area is 180 Å². The number of amides is 1. The summed E-state index contributed by atoms with van der Waals surface area (Å²) in [6, 6.07) is 8.16. The van der Waals surface area contributed by atoms with Crippen molar-refractivity contribution < 1.29 is 9.53 Å². The number of benzene rings is 1. The van der Waals surface area contributed by atoms with Crippen LogP contribution in [0.2, 0.25) is 0 Å². The standard InChI is InChI=1S/C23H27ClN2O2S/c24-23-11-15-8-16(12-23)10-22(9-15,14-23)20(27)26(13-17-4-3-7-28-17)21-25-18-5-1-2-6-19(18)29-21/h1-2,5-6,15-17H,3-4,7-14H2. The number of halogens is 1. The summed E-state index contributed by atoms with van der Waals surface area (Å²) in [5, 5.41) is 0.825. The lowest BCUT2D eigenvalue weighted by atomic mass is 9.49. The third kappa shape index (κ3) is 3.12. The molecule has 0 N–H and O–H groups in total. The number of carbonyl (C=O) groups excluding carboxylic acids is 1. The summed E-state index contributed by atoms with van der Waals surface area (Å²) in [6.45, 7) is 1.41. The molecule has 5 fully saturated rings. The van der Waals surface area contributed by atoms with Gasteiger partial charge in [0.15, 0.2) is 5.13 Å². The number of thiazole rings is 1. The molecule has 154 valence electrons. The Hall–Kier alpha value is -1.17. The number of anilines is 1. The van der Waals surface area contributed by atoms with Crippen molar-refractivity contribution in [3.8, 4) is 0 Å². The summed E-state index contributed by atoms with van der Waals surface area (Å²) in [5.41, 5.74) is 0.666. The lowest BCUT2D eigenvalue weighted by Crippen LogP contribution is -2.59. The Morgan fingerprint density at radius 2 is 2.03 bits per heavy atom. The van der Waals surface area contributed by atoms with Crippen LogP contribution in [0.4, 0.5) is 5.13 Å². The highest BCUT2D eigenvalue weighted by molar-refractivity contribution is 7.22. The molecule has 4 bridgehead atoms. The van der Waals surface area contributed by atoms with E-state index in [-0.39, 0.29) is 22.3 Å². The SMILES string of the molecule is O=C(N(CC1CCCO1)c1nc2ccccc2s1)C12CC3CC(CC(Cl)(C3)C1)C2. The van der Waals surface area contributed by atoms with Gasteiger partial charge in [0.05, 0.1) is 28.3 Å². The maximum Gasteiger partial charge on any atom is 0.235 e. The third-order valence-electron chi connectivity index (χ3n) is 7.61. The third-order valence-corrected chi connectivity index (χ3v) is 9.11. The fourth-order valence-corrected chi connectivity index (χ4v) is 8.57. The lowest BCUT2D eigenvalue weighted by molar-refractivity contribution is -0.142. The molecule has 3 unspecified atom stereocenters. The minimum atomic E-state index is -0.303. The Bertz CT molecular complexity index is 906. The van der Waals surface area contributed by atoms with Crippen molar-refractivity contribution in [1.82, 2.24) is 4.98 Å². The van der Waals surface area contributed by atoms with Gasteiger partial charge in [-0.1, -0.05) is 23.5 Å². The first-order valence-corrected chi connectivity index (χ1v) is 12.2. The topological polar surface area (TPSA) is 42.4 Å². The molecule has 2 heterocycles. The summed E-state index contributed by atoms with van der Waals surface area (Å²) in [4.78, 5) is 20.9. The van der Waals surface area contributed by atoms with Crippen molar-refractivity contribution in [3.63, 3.8) is 0 Å². The first kappa shape index (κ1) is 18.6. The number of carbonyl (C=O) groups is 1. The van der Waals surface area contributed by atoms with E-state index in [2.05, 4.69) is 6.07 Å². The molecule has 4 saturated carbocycles. The second-order valence-electron chi connectivity index (χ2n) is 9.91. The molecular formula is C23H27ClN2O2S. The molecule has 1 aromatic carbocycles. The minimum Gasteiger partial charge on any atom is -0.376 e. The van der Waals surface area contributed by atoms with Crippen LogP contribution in [0.3, 0.4) is 0 Å². The molecule has 1 saturated heterocycles. The van der Waals surface area contributed by atoms with E-state index in [1.54, 1.807) is 11.3 Å². The van der Waals surface area contributed by atoms with Crippen LogP contribution in [0.5, 0.6) is 0 Å². The van der Waals surface area contributed by atoms with Gasteiger partial charge in [0.2, 0.25) is 5.91 Å². The Kier molecular flexibility index (Phi) is 4.27. The molecule has 7 rings (SSSR count). The normalized spacial score (nSPS) is 38.0. The number of rotatable bonds is 4. The fraction of sp³-hybridized carbons (Fsp3) is 0.652. The maximum absolute atomic E-state index is 14.2. The molecule has 1 amide bonds. The van der Waals surface area contributed by atoms with Crippen LogP contribution in [-0.4, -0.2) is 35.0 Å². The monoisotopic (exact) mass is 430 g/mol. The summed E-state index contributed by atoms with van der Waals surface area (Å²) < 4.78 is 7.06. The Morgan fingerprint density at radius 3 is 2.72 bits per heavy atom. The summed E-state index contributed by atoms with van der Waals surface area (Å²) >= 11 is 8.67. The number of hydrogen-bond donors (Lipinski definition) is 0. The van der Waals surface area contributed by atoms with Crippen LogP contribution >= 0.6 is 22.9 Å². The molecule has 0 spiro atoms. The highest BCUT2D eigenvalue weighted by atomic mass is 35.5. The quantitative estimate of drug-likeness (QED) is 0.611. The van der Waals surface area contributed by atoms with E-state index in [0.717, 1.165) is 66.9 Å². The molecule has 2 aromatic rings. The van der Waals surface area contributed by atoms with E-state index in [0.29, 0.717) is 18.4 Å². The second-order valence-corrected chi connectivity index (χ2v) is 11.7. The predicted molar refractivity (Wildman–Crippen MR) is 117 cm³/mol. The van der Waals surface area contributed by atoms with E-state index in [4.69, 9.17) is 21.3 Å². The van der Waals surface area contributed by atoms with Gasteiger partial charge in [-0.25, -0.2) is 4.98 Å². The largest absolute Gasteiger partial charge is 0.376 e. The van der Waals surface area contributed by atoms with Gasteiger partial charge in [0.25, 0.3) is 0 Å². The van der Waals surface area contributed by atoms with Crippen LogP contribution in [0, 0.1) is 17.3 Å². The number of aromatic nitrogens is 1. The highest BCUT2D eigenvalue weighted by Crippen LogP contribution is 2.64. The van der Waals surface area contributed by atoms with E-state index in [9.17, 15) is 4.79 Å². The first-order chi connectivity index (χ1) is 14.0. The van der Waals surface area contributed by atoms with Crippen molar-refractivity contribution in [3.05, 3.63) is 24.3 Å². The van der Waals surface area contributed by atoms with E-state index < -0.39 is 0 Å². The molecule has 1 aromatic heterocycles. The summed E-state index contributed by atoms with van der Waals surface area (Å²) in [7, 11) is 0. The molecule has 4 nitrogen and oxygen atoms in total. The molecule has 29 heavy (non-hydrogen) atoms. The van der Waals surface area contributed by atoms with E-state index in [1.807, 2.05) is 23.1 Å². The number of para-hydroxylation sites is 1. The number of fused-ring (bicyclic) bond motifs is 1. The van der Waals surface area contributed by atoms with Crippen molar-refractivity contribution in [2.75, 3.05) is 18.1 Å². The van der Waals surface area contributed by atoms with Crippen molar-refractivity contribution in [1.29, 1.82) is 0 Å². The Balaban J connectivity index is 1.38. The van der Waals surface area contributed by atoms with Gasteiger partial charge in [-0.05, 0) is 75.3 Å². The zero-order valence-corrected chi connectivity index (χ0v) is 18.2. The highest BCUT2D eigenvalue weighted by Gasteiger charge is 2.61. The molecule has 1 aliphatic heterocycles. The molecule has 6 heteroatoms.